The molecule has 16 nitrogen and oxygen atoms in total. The van der Waals surface area contributed by atoms with Crippen LogP contribution in [0.2, 0.25) is 0 Å². The van der Waals surface area contributed by atoms with E-state index in [1.807, 2.05) is 48.5 Å². The molecule has 2 fully saturated rings. The van der Waals surface area contributed by atoms with Gasteiger partial charge in [0.1, 0.15) is 12.1 Å². The number of ether oxygens (including phenoxy) is 4. The number of rotatable bonds is 14. The smallest absolute Gasteiger partial charge is 0.408 e. The summed E-state index contributed by atoms with van der Waals surface area (Å²) in [5, 5.41) is 5.31. The van der Waals surface area contributed by atoms with E-state index in [-0.39, 0.29) is 88.6 Å². The number of likely N-dealkylation sites (tertiary alicyclic amines) is 2. The van der Waals surface area contributed by atoms with Crippen LogP contribution < -0.4 is 22.1 Å². The molecule has 4 rings (SSSR count). The molecule has 2 heterocycles. The summed E-state index contributed by atoms with van der Waals surface area (Å²) in [6.45, 7) is 0.427. The molecule has 0 aliphatic carbocycles. The molecular weight excluding hydrogens is 771 g/mol. The quantitative estimate of drug-likeness (QED) is 0.122. The van der Waals surface area contributed by atoms with E-state index in [4.69, 9.17) is 30.4 Å². The molecule has 18 heteroatoms. The monoisotopic (exact) mass is 820 g/mol. The van der Waals surface area contributed by atoms with E-state index in [9.17, 15) is 28.8 Å². The number of hydrogen-bond acceptors (Lipinski definition) is 12. The molecule has 0 radical (unpaired) electrons. The first-order valence-corrected chi connectivity index (χ1v) is 17.7. The average Bonchev–Trinajstić information content (AvgIpc) is 3.81. The molecular formula is C38H50Cl2N6O10. The highest BCUT2D eigenvalue weighted by Gasteiger charge is 2.42. The third-order valence-electron chi connectivity index (χ3n) is 9.28. The first-order chi connectivity index (χ1) is 26.0. The van der Waals surface area contributed by atoms with Gasteiger partial charge >= 0.3 is 24.1 Å². The average molecular weight is 822 g/mol. The van der Waals surface area contributed by atoms with Crippen LogP contribution in [0.3, 0.4) is 0 Å². The van der Waals surface area contributed by atoms with Crippen molar-refractivity contribution in [1.82, 2.24) is 20.4 Å². The highest BCUT2D eigenvalue weighted by molar-refractivity contribution is 5.87. The zero-order valence-electron chi connectivity index (χ0n) is 31.4. The largest absolute Gasteiger partial charge is 0.467 e. The molecule has 2 aromatic carbocycles. The number of amides is 4. The minimum Gasteiger partial charge on any atom is -0.467 e. The third-order valence-corrected chi connectivity index (χ3v) is 9.28. The number of benzene rings is 2. The van der Waals surface area contributed by atoms with Gasteiger partial charge < -0.3 is 50.8 Å². The Labute approximate surface area is 338 Å². The van der Waals surface area contributed by atoms with Gasteiger partial charge in [0.05, 0.1) is 26.3 Å². The van der Waals surface area contributed by atoms with Gasteiger partial charge in [0.25, 0.3) is 0 Å². The van der Waals surface area contributed by atoms with Crippen LogP contribution in [-0.2, 0) is 64.1 Å². The molecule has 4 amide bonds. The second-order valence-electron chi connectivity index (χ2n) is 12.9. The van der Waals surface area contributed by atoms with Gasteiger partial charge in [-0.1, -0.05) is 60.4 Å². The van der Waals surface area contributed by atoms with Crippen molar-refractivity contribution in [2.45, 2.75) is 75.8 Å². The molecule has 0 saturated carbocycles. The summed E-state index contributed by atoms with van der Waals surface area (Å²) in [6.07, 6.45) is 0.00659. The van der Waals surface area contributed by atoms with Gasteiger partial charge in [-0.2, -0.15) is 0 Å². The number of carbonyl (C=O) groups is 6. The Hall–Kier alpha value is -5.08. The third kappa shape index (κ3) is 13.9. The van der Waals surface area contributed by atoms with Crippen LogP contribution in [0.1, 0.15) is 47.9 Å². The molecule has 2 aromatic rings. The second-order valence-corrected chi connectivity index (χ2v) is 12.9. The Morgan fingerprint density at radius 3 is 1.29 bits per heavy atom. The molecule has 4 unspecified atom stereocenters. The maximum atomic E-state index is 13.1. The number of methoxy groups -OCH3 is 2. The molecule has 2 aliphatic rings. The van der Waals surface area contributed by atoms with Crippen molar-refractivity contribution in [3.63, 3.8) is 0 Å². The van der Waals surface area contributed by atoms with Crippen molar-refractivity contribution in [1.29, 1.82) is 0 Å². The zero-order chi connectivity index (χ0) is 39.0. The van der Waals surface area contributed by atoms with Gasteiger partial charge in [0.15, 0.2) is 13.2 Å². The molecule has 2 saturated heterocycles. The Balaban J connectivity index is 0.00000541. The van der Waals surface area contributed by atoms with Crippen LogP contribution in [-0.4, -0.2) is 110 Å². The summed E-state index contributed by atoms with van der Waals surface area (Å²) in [4.78, 5) is 78.7. The van der Waals surface area contributed by atoms with Crippen LogP contribution >= 0.6 is 24.8 Å². The van der Waals surface area contributed by atoms with Crippen LogP contribution in [0.5, 0.6) is 0 Å². The summed E-state index contributed by atoms with van der Waals surface area (Å²) in [5.41, 5.74) is 15.2. The number of hydrogen-bond donors (Lipinski definition) is 4. The van der Waals surface area contributed by atoms with Crippen molar-refractivity contribution in [2.24, 2.45) is 11.5 Å². The van der Waals surface area contributed by atoms with Crippen molar-refractivity contribution >= 4 is 60.8 Å². The van der Waals surface area contributed by atoms with E-state index in [1.165, 1.54) is 24.0 Å². The number of nitrogens with zero attached hydrogens (tertiary/aromatic N) is 2. The molecule has 4 atom stereocenters. The number of alkyl carbamates (subject to hydrolysis) is 2. The first-order valence-electron chi connectivity index (χ1n) is 17.7. The maximum Gasteiger partial charge on any atom is 0.408 e. The van der Waals surface area contributed by atoms with Gasteiger partial charge in [-0.05, 0) is 35.1 Å². The summed E-state index contributed by atoms with van der Waals surface area (Å²) < 4.78 is 20.0. The lowest BCUT2D eigenvalue weighted by Gasteiger charge is -2.22. The number of esters is 2. The van der Waals surface area contributed by atoms with Crippen LogP contribution in [0.25, 0.3) is 0 Å². The van der Waals surface area contributed by atoms with Gasteiger partial charge in [0, 0.05) is 51.9 Å². The molecule has 0 aromatic heterocycles. The number of halogens is 2. The Morgan fingerprint density at radius 2 is 0.964 bits per heavy atom. The zero-order valence-corrected chi connectivity index (χ0v) is 33.0. The van der Waals surface area contributed by atoms with E-state index in [0.717, 1.165) is 22.3 Å². The summed E-state index contributed by atoms with van der Waals surface area (Å²) in [5.74, 6) is 3.50. The first kappa shape index (κ1) is 47.1. The van der Waals surface area contributed by atoms with Crippen molar-refractivity contribution in [2.75, 3.05) is 40.5 Å². The summed E-state index contributed by atoms with van der Waals surface area (Å²) >= 11 is 0. The molecule has 0 spiro atoms. The predicted octanol–water partition coefficient (Wildman–Crippen LogP) is 1.75. The lowest BCUT2D eigenvalue weighted by molar-refractivity contribution is -0.151. The molecule has 2 aliphatic heterocycles. The van der Waals surface area contributed by atoms with E-state index >= 15 is 0 Å². The van der Waals surface area contributed by atoms with Crippen LogP contribution in [0.15, 0.2) is 48.5 Å². The van der Waals surface area contributed by atoms with E-state index < -0.39 is 48.3 Å². The Morgan fingerprint density at radius 1 is 0.625 bits per heavy atom. The van der Waals surface area contributed by atoms with Gasteiger partial charge in [-0.3, -0.25) is 9.59 Å². The van der Waals surface area contributed by atoms with Crippen molar-refractivity contribution in [3.8, 4) is 11.8 Å². The number of carbonyl (C=O) groups excluding carboxylic acids is 6. The van der Waals surface area contributed by atoms with Crippen LogP contribution in [0, 0.1) is 11.8 Å². The lowest BCUT2D eigenvalue weighted by atomic mass is 10.1. The standard InChI is InChI=1S/C38H48N6O10.2ClH/c1-51-35(47)31-19-29(23-43(31)33(45)15-13-25-5-9-27(21-39)10-6-25)41-37(49)53-17-3-4-18-54-38(50)42-30-20-32(36(48)52-2)44(24-30)34(46)16-14-26-7-11-28(22-40)12-8-26;;/h5-12,29-32H,13-24,39-40H2,1-2H3,(H,41,49)(H,42,50);2*1H. The molecule has 6 N–H and O–H groups in total. The fourth-order valence-electron chi connectivity index (χ4n) is 6.35. The van der Waals surface area contributed by atoms with Gasteiger partial charge in [-0.15, -0.1) is 24.8 Å². The van der Waals surface area contributed by atoms with Crippen molar-refractivity contribution in [3.05, 3.63) is 70.8 Å². The molecule has 306 valence electrons. The highest BCUT2D eigenvalue weighted by Crippen LogP contribution is 2.23. The van der Waals surface area contributed by atoms with Crippen LogP contribution in [0.4, 0.5) is 9.59 Å². The summed E-state index contributed by atoms with van der Waals surface area (Å²) in [6, 6.07) is 12.4. The van der Waals surface area contributed by atoms with Gasteiger partial charge in [-0.25, -0.2) is 19.2 Å². The van der Waals surface area contributed by atoms with E-state index in [2.05, 4.69) is 22.5 Å². The minimum atomic E-state index is -0.847. The Kier molecular flexibility index (Phi) is 20.0. The lowest BCUT2D eigenvalue weighted by Crippen LogP contribution is -2.42. The predicted molar refractivity (Wildman–Crippen MR) is 208 cm³/mol. The summed E-state index contributed by atoms with van der Waals surface area (Å²) in [7, 11) is 2.48. The number of aryl methyl sites for hydroxylation is 2. The van der Waals surface area contributed by atoms with Crippen molar-refractivity contribution < 1.29 is 47.7 Å². The van der Waals surface area contributed by atoms with Gasteiger partial charge in [0.2, 0.25) is 11.8 Å². The second kappa shape index (κ2) is 23.8. The number of nitrogens with one attached hydrogen (secondary N) is 2. The number of nitrogens with two attached hydrogens (primary N) is 2. The maximum absolute atomic E-state index is 13.1. The Bertz CT molecular complexity index is 1580. The fraction of sp³-hybridized carbons (Fsp3) is 0.474. The fourth-order valence-corrected chi connectivity index (χ4v) is 6.35. The molecule has 56 heavy (non-hydrogen) atoms. The normalized spacial score (nSPS) is 18.2. The van der Waals surface area contributed by atoms with E-state index in [0.29, 0.717) is 25.9 Å². The highest BCUT2D eigenvalue weighted by atomic mass is 35.5. The van der Waals surface area contributed by atoms with E-state index in [1.54, 1.807) is 0 Å². The molecule has 0 bridgehead atoms. The minimum absolute atomic E-state index is 0. The topological polar surface area (TPSA) is 222 Å². The SMILES string of the molecule is COC(=O)C1CC(NC(=O)OCC#CCOC(=O)NC2CC(C(=O)OC)N(C(=O)CCc3ccc(CN)cc3)C2)CN1C(=O)CCc1ccc(CN)cc1.Cl.Cl.